The summed E-state index contributed by atoms with van der Waals surface area (Å²) in [7, 11) is 0. The van der Waals surface area contributed by atoms with Gasteiger partial charge in [-0.1, -0.05) is 0 Å². The predicted octanol–water partition coefficient (Wildman–Crippen LogP) is -6.90. The van der Waals surface area contributed by atoms with Crippen LogP contribution in [0.15, 0.2) is 0 Å². The molecule has 0 amide bonds. The first-order valence-corrected chi connectivity index (χ1v) is 12.6. The largest absolute Gasteiger partial charge is 0.395 e. The number of aliphatic hydroxyl groups is 11. The molecule has 0 saturated carbocycles. The van der Waals surface area contributed by atoms with Gasteiger partial charge < -0.3 is 61.5 Å². The van der Waals surface area contributed by atoms with Crippen LogP contribution in [0, 0.1) is 0 Å². The number of piperidine rings is 3. The maximum absolute atomic E-state index is 9.58. The van der Waals surface area contributed by atoms with Crippen LogP contribution < -0.4 is 5.32 Å². The topological polar surface area (TPSA) is 241 Å². The normalized spacial score (nSPS) is 49.2. The van der Waals surface area contributed by atoms with Gasteiger partial charge in [0, 0.05) is 26.2 Å². The fraction of sp³-hybridized carbons (Fsp3) is 1.00. The minimum atomic E-state index is -1.16. The molecule has 0 aliphatic carbocycles. The van der Waals surface area contributed by atoms with Crippen molar-refractivity contribution in [3.8, 4) is 0 Å². The van der Waals surface area contributed by atoms with E-state index < -0.39 is 73.1 Å². The molecule has 212 valence electrons. The van der Waals surface area contributed by atoms with Crippen LogP contribution in [0.5, 0.6) is 0 Å². The zero-order valence-corrected chi connectivity index (χ0v) is 20.2. The first-order chi connectivity index (χ1) is 17.0. The molecule has 2 unspecified atom stereocenters. The Kier molecular flexibility index (Phi) is 10.8. The number of fused-ring (bicyclic) bond motifs is 2. The van der Waals surface area contributed by atoms with Crippen LogP contribution in [0.3, 0.4) is 0 Å². The van der Waals surface area contributed by atoms with E-state index in [1.807, 2.05) is 9.80 Å². The van der Waals surface area contributed by atoms with Gasteiger partial charge in [0.15, 0.2) is 0 Å². The lowest BCUT2D eigenvalue weighted by atomic mass is 9.93. The predicted molar refractivity (Wildman–Crippen MR) is 124 cm³/mol. The second kappa shape index (κ2) is 13.0. The van der Waals surface area contributed by atoms with E-state index >= 15 is 0 Å². The first kappa shape index (κ1) is 30.0. The van der Waals surface area contributed by atoms with Crippen LogP contribution in [0.1, 0.15) is 19.3 Å². The van der Waals surface area contributed by atoms with E-state index in [4.69, 9.17) is 15.3 Å². The van der Waals surface area contributed by atoms with Gasteiger partial charge in [0.2, 0.25) is 0 Å². The molecule has 36 heavy (non-hydrogen) atoms. The summed E-state index contributed by atoms with van der Waals surface area (Å²) in [6, 6.07) is -1.17. The van der Waals surface area contributed by atoms with Crippen molar-refractivity contribution in [1.29, 1.82) is 0 Å². The number of nitrogens with zero attached hydrogens (tertiary/aromatic N) is 2. The summed E-state index contributed by atoms with van der Waals surface area (Å²) in [4.78, 5) is 3.80. The highest BCUT2D eigenvalue weighted by Gasteiger charge is 2.47. The monoisotopic (exact) mass is 525 g/mol. The summed E-state index contributed by atoms with van der Waals surface area (Å²) in [5.41, 5.74) is 0. The fourth-order valence-corrected chi connectivity index (χ4v) is 5.75. The third-order valence-electron chi connectivity index (χ3n) is 7.91. The maximum Gasteiger partial charge on any atom is 0.109 e. The molecule has 5 saturated heterocycles. The van der Waals surface area contributed by atoms with Gasteiger partial charge >= 0.3 is 0 Å². The molecule has 0 aromatic heterocycles. The van der Waals surface area contributed by atoms with E-state index in [0.29, 0.717) is 26.1 Å². The number of aliphatic hydroxyl groups excluding tert-OH is 11. The summed E-state index contributed by atoms with van der Waals surface area (Å²) < 4.78 is 0. The lowest BCUT2D eigenvalue weighted by molar-refractivity contribution is -0.140. The quantitative estimate of drug-likeness (QED) is 0.152. The zero-order valence-electron chi connectivity index (χ0n) is 20.2. The van der Waals surface area contributed by atoms with E-state index in [-0.39, 0.29) is 19.2 Å². The minimum absolute atomic E-state index is 0.198. The van der Waals surface area contributed by atoms with Crippen molar-refractivity contribution in [2.24, 2.45) is 0 Å². The molecule has 12 N–H and O–H groups in total. The van der Waals surface area contributed by atoms with Gasteiger partial charge in [0.1, 0.15) is 18.3 Å². The van der Waals surface area contributed by atoms with Gasteiger partial charge in [0.05, 0.1) is 67.5 Å². The van der Waals surface area contributed by atoms with E-state index in [2.05, 4.69) is 5.32 Å². The lowest BCUT2D eigenvalue weighted by Gasteiger charge is -2.40. The molecule has 5 aliphatic heterocycles. The average Bonchev–Trinajstić information content (AvgIpc) is 3.36. The minimum Gasteiger partial charge on any atom is -0.395 e. The molecule has 14 nitrogen and oxygen atoms in total. The van der Waals surface area contributed by atoms with Crippen molar-refractivity contribution >= 4 is 0 Å². The van der Waals surface area contributed by atoms with Crippen molar-refractivity contribution in [3.05, 3.63) is 0 Å². The molecule has 0 aromatic carbocycles. The van der Waals surface area contributed by atoms with Crippen LogP contribution in [-0.2, 0) is 0 Å². The standard InChI is InChI=1S/C8H15NO4.C8H15NO3.C6H13NO4/c10-4-1-2-9-3-5(11)7(12)8(13)6(4)9;10-5-2-1-3-9-4-6(11)8(12)7(5)9;8-2-3-5(10)6(11)4(9)1-7-3/h4-8,10-13H,1-3H2;5-8,10-12H,1-4H2;3-11H,1-2H2/t4-,5-,6+,7+,8+;5-,6-,7-,8-;3?,4-,5-,6?/m011/s1. The Morgan fingerprint density at radius 2 is 1.08 bits per heavy atom. The van der Waals surface area contributed by atoms with Crippen LogP contribution in [0.4, 0.5) is 0 Å². The smallest absolute Gasteiger partial charge is 0.109 e. The van der Waals surface area contributed by atoms with E-state index in [1.165, 1.54) is 0 Å². The molecule has 5 heterocycles. The molecule has 5 rings (SSSR count). The van der Waals surface area contributed by atoms with Crippen molar-refractivity contribution in [2.45, 2.75) is 98.4 Å². The molecule has 0 bridgehead atoms. The number of nitrogens with one attached hydrogen (secondary N) is 1. The summed E-state index contributed by atoms with van der Waals surface area (Å²) in [5.74, 6) is 0. The molecule has 5 aliphatic rings. The Bertz CT molecular complexity index is 679. The third-order valence-corrected chi connectivity index (χ3v) is 7.91. The van der Waals surface area contributed by atoms with Crippen molar-refractivity contribution in [2.75, 3.05) is 39.3 Å². The second-order valence-corrected chi connectivity index (χ2v) is 10.4. The molecule has 0 aromatic rings. The zero-order chi connectivity index (χ0) is 26.7. The Morgan fingerprint density at radius 3 is 1.69 bits per heavy atom. The second-order valence-electron chi connectivity index (χ2n) is 10.4. The highest BCUT2D eigenvalue weighted by Crippen LogP contribution is 2.28. The molecule has 13 atom stereocenters. The van der Waals surface area contributed by atoms with Gasteiger partial charge in [-0.25, -0.2) is 0 Å². The van der Waals surface area contributed by atoms with Crippen molar-refractivity contribution in [3.63, 3.8) is 0 Å². The fourth-order valence-electron chi connectivity index (χ4n) is 5.75. The summed E-state index contributed by atoms with van der Waals surface area (Å²) >= 11 is 0. The van der Waals surface area contributed by atoms with E-state index in [9.17, 15) is 40.9 Å². The highest BCUT2D eigenvalue weighted by atomic mass is 16.4. The van der Waals surface area contributed by atoms with Gasteiger partial charge in [-0.3, -0.25) is 9.80 Å². The Balaban J connectivity index is 0.000000151. The van der Waals surface area contributed by atoms with Crippen LogP contribution in [-0.4, -0.2) is 184 Å². The van der Waals surface area contributed by atoms with Gasteiger partial charge in [-0.05, 0) is 25.8 Å². The molecule has 14 heteroatoms. The Labute approximate surface area is 209 Å². The van der Waals surface area contributed by atoms with Gasteiger partial charge in [-0.2, -0.15) is 0 Å². The maximum atomic E-state index is 9.58. The van der Waals surface area contributed by atoms with Crippen LogP contribution >= 0.6 is 0 Å². The molecule has 5 fully saturated rings. The first-order valence-electron chi connectivity index (χ1n) is 12.6. The third kappa shape index (κ3) is 6.52. The molecule has 0 spiro atoms. The molecular formula is C22H43N3O11. The van der Waals surface area contributed by atoms with Crippen LogP contribution in [0.2, 0.25) is 0 Å². The summed E-state index contributed by atoms with van der Waals surface area (Å²) in [5, 5.41) is 105. The number of β-amino-alcohol motifs (C(OH)–C–C–N with tert-alkyl or cyclic N) is 1. The van der Waals surface area contributed by atoms with Gasteiger partial charge in [-0.15, -0.1) is 0 Å². The number of hydrogen-bond donors (Lipinski definition) is 12. The Hall–Kier alpha value is -0.560. The lowest BCUT2D eigenvalue weighted by Crippen LogP contribution is -2.61. The van der Waals surface area contributed by atoms with E-state index in [0.717, 1.165) is 19.4 Å². The highest BCUT2D eigenvalue weighted by molar-refractivity contribution is 5.01. The van der Waals surface area contributed by atoms with E-state index in [1.54, 1.807) is 0 Å². The summed E-state index contributed by atoms with van der Waals surface area (Å²) in [6.45, 7) is 2.35. The Morgan fingerprint density at radius 1 is 0.556 bits per heavy atom. The molecule has 0 radical (unpaired) electrons. The molecular weight excluding hydrogens is 482 g/mol. The summed E-state index contributed by atoms with van der Waals surface area (Å²) in [6.07, 6.45) is -6.48. The van der Waals surface area contributed by atoms with Gasteiger partial charge in [0.25, 0.3) is 0 Å². The van der Waals surface area contributed by atoms with Crippen molar-refractivity contribution in [1.82, 2.24) is 15.1 Å². The average molecular weight is 526 g/mol. The SMILES string of the molecule is OCC1NC[C@@H](O)C(O)[C@@H]1O.O[C@H]1[C@H](O)[C@@H](O)CN2CC[C@H](O)[C@H]12.O[C@H]1[C@H]2[C@H](O)CCCN2C[C@H]1O. The van der Waals surface area contributed by atoms with Crippen LogP contribution in [0.25, 0.3) is 0 Å². The number of hydrogen-bond acceptors (Lipinski definition) is 14. The number of rotatable bonds is 1. The van der Waals surface area contributed by atoms with Crippen molar-refractivity contribution < 1.29 is 56.2 Å².